The highest BCUT2D eigenvalue weighted by molar-refractivity contribution is 5.71. The summed E-state index contributed by atoms with van der Waals surface area (Å²) >= 11 is 0. The third-order valence-corrected chi connectivity index (χ3v) is 2.52. The quantitative estimate of drug-likeness (QED) is 0.577. The molecule has 5 nitrogen and oxygen atoms in total. The van der Waals surface area contributed by atoms with Crippen molar-refractivity contribution in [3.63, 3.8) is 0 Å². The highest BCUT2D eigenvalue weighted by atomic mass is 16.3. The number of nitrogens with one attached hydrogen (secondary N) is 2. The summed E-state index contributed by atoms with van der Waals surface area (Å²) in [6, 6.07) is 4.97. The Hall–Kier alpha value is -1.75. The Labute approximate surface area is 101 Å². The number of aromatic hydroxyl groups is 1. The van der Waals surface area contributed by atoms with E-state index >= 15 is 0 Å². The SMILES string of the molecule is Cc1ccc(O)c(C(C)NCCNC(N)=O)c1. The molecule has 0 fully saturated rings. The fraction of sp³-hybridized carbons (Fsp3) is 0.417. The molecule has 5 N–H and O–H groups in total. The molecule has 0 aromatic heterocycles. The Morgan fingerprint density at radius 2 is 2.18 bits per heavy atom. The predicted octanol–water partition coefficient (Wildman–Crippen LogP) is 1.02. The average Bonchev–Trinajstić information content (AvgIpc) is 2.27. The molecule has 0 aliphatic carbocycles. The van der Waals surface area contributed by atoms with Crippen molar-refractivity contribution in [2.45, 2.75) is 19.9 Å². The minimum absolute atomic E-state index is 0.0181. The topological polar surface area (TPSA) is 87.4 Å². The van der Waals surface area contributed by atoms with Crippen molar-refractivity contribution >= 4 is 6.03 Å². The Morgan fingerprint density at radius 3 is 2.82 bits per heavy atom. The number of hydrogen-bond donors (Lipinski definition) is 4. The number of phenols is 1. The van der Waals surface area contributed by atoms with Crippen LogP contribution in [0, 0.1) is 6.92 Å². The van der Waals surface area contributed by atoms with Crippen molar-refractivity contribution in [3.05, 3.63) is 29.3 Å². The summed E-state index contributed by atoms with van der Waals surface area (Å²) in [7, 11) is 0. The first-order valence-electron chi connectivity index (χ1n) is 5.57. The van der Waals surface area contributed by atoms with Gasteiger partial charge in [-0.25, -0.2) is 4.79 Å². The van der Waals surface area contributed by atoms with E-state index in [1.165, 1.54) is 0 Å². The number of carbonyl (C=O) groups excluding carboxylic acids is 1. The number of carbonyl (C=O) groups is 1. The Morgan fingerprint density at radius 1 is 1.47 bits per heavy atom. The molecule has 0 heterocycles. The third kappa shape index (κ3) is 4.32. The number of rotatable bonds is 5. The van der Waals surface area contributed by atoms with Crippen LogP contribution in [-0.4, -0.2) is 24.2 Å². The van der Waals surface area contributed by atoms with Crippen molar-refractivity contribution in [3.8, 4) is 5.75 Å². The van der Waals surface area contributed by atoms with Gasteiger partial charge in [0.05, 0.1) is 0 Å². The average molecular weight is 237 g/mol. The summed E-state index contributed by atoms with van der Waals surface area (Å²) < 4.78 is 0. The molecule has 1 unspecified atom stereocenters. The van der Waals surface area contributed by atoms with Gasteiger partial charge in [0, 0.05) is 24.7 Å². The van der Waals surface area contributed by atoms with Crippen LogP contribution in [0.25, 0.3) is 0 Å². The molecule has 0 saturated heterocycles. The summed E-state index contributed by atoms with van der Waals surface area (Å²) in [6.45, 7) is 4.99. The van der Waals surface area contributed by atoms with E-state index < -0.39 is 6.03 Å². The van der Waals surface area contributed by atoms with E-state index in [0.29, 0.717) is 13.1 Å². The van der Waals surface area contributed by atoms with E-state index in [9.17, 15) is 9.90 Å². The molecule has 1 atom stereocenters. The van der Waals surface area contributed by atoms with E-state index in [-0.39, 0.29) is 11.8 Å². The van der Waals surface area contributed by atoms with Crippen LogP contribution in [-0.2, 0) is 0 Å². The number of urea groups is 1. The van der Waals surface area contributed by atoms with Gasteiger partial charge in [-0.05, 0) is 19.9 Å². The van der Waals surface area contributed by atoms with Crippen LogP contribution in [0.5, 0.6) is 5.75 Å². The maximum atomic E-state index is 10.5. The molecule has 0 radical (unpaired) electrons. The van der Waals surface area contributed by atoms with Gasteiger partial charge in [-0.1, -0.05) is 17.7 Å². The smallest absolute Gasteiger partial charge is 0.312 e. The second kappa shape index (κ2) is 6.10. The van der Waals surface area contributed by atoms with Gasteiger partial charge in [0.1, 0.15) is 5.75 Å². The molecule has 1 aromatic rings. The minimum Gasteiger partial charge on any atom is -0.508 e. The monoisotopic (exact) mass is 237 g/mol. The molecule has 0 bridgehead atoms. The highest BCUT2D eigenvalue weighted by Crippen LogP contribution is 2.24. The molecule has 0 aliphatic rings. The highest BCUT2D eigenvalue weighted by Gasteiger charge is 2.09. The second-order valence-electron chi connectivity index (χ2n) is 4.03. The van der Waals surface area contributed by atoms with E-state index in [2.05, 4.69) is 10.6 Å². The fourth-order valence-electron chi connectivity index (χ4n) is 1.61. The van der Waals surface area contributed by atoms with E-state index in [1.54, 1.807) is 6.07 Å². The molecular formula is C12H19N3O2. The van der Waals surface area contributed by atoms with Gasteiger partial charge in [-0.2, -0.15) is 0 Å². The number of phenolic OH excluding ortho intramolecular Hbond substituents is 1. The van der Waals surface area contributed by atoms with Gasteiger partial charge < -0.3 is 21.5 Å². The second-order valence-corrected chi connectivity index (χ2v) is 4.03. The van der Waals surface area contributed by atoms with Crippen LogP contribution in [0.4, 0.5) is 4.79 Å². The number of aryl methyl sites for hydroxylation is 1. The Kier molecular flexibility index (Phi) is 4.78. The van der Waals surface area contributed by atoms with Gasteiger partial charge in [0.15, 0.2) is 0 Å². The lowest BCUT2D eigenvalue weighted by molar-refractivity contribution is 0.249. The predicted molar refractivity (Wildman–Crippen MR) is 66.8 cm³/mol. The van der Waals surface area contributed by atoms with E-state index in [4.69, 9.17) is 5.73 Å². The van der Waals surface area contributed by atoms with Gasteiger partial charge in [0.2, 0.25) is 0 Å². The summed E-state index contributed by atoms with van der Waals surface area (Å²) in [5.41, 5.74) is 6.90. The lowest BCUT2D eigenvalue weighted by atomic mass is 10.0. The first-order chi connectivity index (χ1) is 8.00. The molecule has 0 spiro atoms. The molecule has 0 saturated carbocycles. The Bertz CT molecular complexity index is 393. The first-order valence-corrected chi connectivity index (χ1v) is 5.57. The normalized spacial score (nSPS) is 12.1. The van der Waals surface area contributed by atoms with Crippen molar-refractivity contribution < 1.29 is 9.90 Å². The van der Waals surface area contributed by atoms with Crippen LogP contribution < -0.4 is 16.4 Å². The fourth-order valence-corrected chi connectivity index (χ4v) is 1.61. The maximum absolute atomic E-state index is 10.5. The summed E-state index contributed by atoms with van der Waals surface area (Å²) in [4.78, 5) is 10.5. The van der Waals surface area contributed by atoms with Gasteiger partial charge in [0.25, 0.3) is 0 Å². The zero-order valence-corrected chi connectivity index (χ0v) is 10.2. The summed E-state index contributed by atoms with van der Waals surface area (Å²) in [5, 5.41) is 15.4. The van der Waals surface area contributed by atoms with Crippen molar-refractivity contribution in [2.24, 2.45) is 5.73 Å². The molecule has 17 heavy (non-hydrogen) atoms. The third-order valence-electron chi connectivity index (χ3n) is 2.52. The van der Waals surface area contributed by atoms with E-state index in [0.717, 1.165) is 11.1 Å². The van der Waals surface area contributed by atoms with Crippen molar-refractivity contribution in [1.82, 2.24) is 10.6 Å². The summed E-state index contributed by atoms with van der Waals surface area (Å²) in [5.74, 6) is 0.276. The standard InChI is InChI=1S/C12H19N3O2/c1-8-3-4-11(16)10(7-8)9(2)14-5-6-15-12(13)17/h3-4,7,9,14,16H,5-6H2,1-2H3,(H3,13,15,17). The zero-order chi connectivity index (χ0) is 12.8. The van der Waals surface area contributed by atoms with Gasteiger partial charge in [-0.15, -0.1) is 0 Å². The Balaban J connectivity index is 2.49. The maximum Gasteiger partial charge on any atom is 0.312 e. The largest absolute Gasteiger partial charge is 0.508 e. The molecule has 94 valence electrons. The molecule has 1 aromatic carbocycles. The molecular weight excluding hydrogens is 218 g/mol. The van der Waals surface area contributed by atoms with Crippen LogP contribution >= 0.6 is 0 Å². The van der Waals surface area contributed by atoms with Crippen LogP contribution in [0.3, 0.4) is 0 Å². The summed E-state index contributed by atoms with van der Waals surface area (Å²) in [6.07, 6.45) is 0. The van der Waals surface area contributed by atoms with Crippen molar-refractivity contribution in [1.29, 1.82) is 0 Å². The number of hydrogen-bond acceptors (Lipinski definition) is 3. The molecule has 0 aliphatic heterocycles. The molecule has 2 amide bonds. The number of nitrogens with two attached hydrogens (primary N) is 1. The zero-order valence-electron chi connectivity index (χ0n) is 10.2. The van der Waals surface area contributed by atoms with Crippen LogP contribution in [0.2, 0.25) is 0 Å². The minimum atomic E-state index is -0.530. The van der Waals surface area contributed by atoms with E-state index in [1.807, 2.05) is 26.0 Å². The van der Waals surface area contributed by atoms with Gasteiger partial charge >= 0.3 is 6.03 Å². The van der Waals surface area contributed by atoms with Crippen LogP contribution in [0.15, 0.2) is 18.2 Å². The number of benzene rings is 1. The number of amides is 2. The van der Waals surface area contributed by atoms with Crippen LogP contribution in [0.1, 0.15) is 24.1 Å². The van der Waals surface area contributed by atoms with Gasteiger partial charge in [-0.3, -0.25) is 0 Å². The van der Waals surface area contributed by atoms with Crippen molar-refractivity contribution in [2.75, 3.05) is 13.1 Å². The number of primary amides is 1. The molecule has 1 rings (SSSR count). The molecule has 5 heteroatoms. The lowest BCUT2D eigenvalue weighted by Gasteiger charge is -2.16. The lowest BCUT2D eigenvalue weighted by Crippen LogP contribution is -2.36. The first kappa shape index (κ1) is 13.3.